The largest absolute Gasteiger partial charge is 0.388 e. The second-order valence-corrected chi connectivity index (χ2v) is 4.71. The molecule has 2 rings (SSSR count). The van der Waals surface area contributed by atoms with Crippen LogP contribution in [-0.2, 0) is 0 Å². The van der Waals surface area contributed by atoms with Gasteiger partial charge < -0.3 is 11.1 Å². The van der Waals surface area contributed by atoms with Crippen molar-refractivity contribution in [3.8, 4) is 11.1 Å². The van der Waals surface area contributed by atoms with Gasteiger partial charge in [0, 0.05) is 11.3 Å². The normalized spacial score (nSPS) is 12.3. The van der Waals surface area contributed by atoms with Crippen molar-refractivity contribution in [3.05, 3.63) is 77.6 Å². The van der Waals surface area contributed by atoms with Crippen LogP contribution in [0.15, 0.2) is 77.6 Å². The highest BCUT2D eigenvalue weighted by Gasteiger charge is 2.06. The average molecular weight is 285 g/mol. The van der Waals surface area contributed by atoms with Gasteiger partial charge in [0.15, 0.2) is 0 Å². The van der Waals surface area contributed by atoms with Crippen LogP contribution >= 0.6 is 11.6 Å². The van der Waals surface area contributed by atoms with Crippen LogP contribution < -0.4 is 11.1 Å². The number of anilines is 1. The smallest absolute Gasteiger partial charge is 0.123 e. The lowest BCUT2D eigenvalue weighted by Gasteiger charge is -2.13. The van der Waals surface area contributed by atoms with Crippen LogP contribution in [0.1, 0.15) is 6.92 Å². The zero-order chi connectivity index (χ0) is 14.4. The van der Waals surface area contributed by atoms with E-state index in [9.17, 15) is 0 Å². The molecule has 0 spiro atoms. The Kier molecular flexibility index (Phi) is 4.85. The first-order valence-corrected chi connectivity index (χ1v) is 6.79. The first kappa shape index (κ1) is 14.2. The summed E-state index contributed by atoms with van der Waals surface area (Å²) >= 11 is 5.91. The summed E-state index contributed by atoms with van der Waals surface area (Å²) in [6.45, 7) is 1.92. The maximum absolute atomic E-state index is 5.91. The number of allylic oxidation sites excluding steroid dienone is 2. The van der Waals surface area contributed by atoms with Gasteiger partial charge in [0.05, 0.1) is 5.70 Å². The molecular weight excluding hydrogens is 268 g/mol. The molecule has 0 fully saturated rings. The minimum Gasteiger partial charge on any atom is -0.388 e. The van der Waals surface area contributed by atoms with Gasteiger partial charge in [-0.3, -0.25) is 0 Å². The molecule has 3 heteroatoms. The zero-order valence-corrected chi connectivity index (χ0v) is 12.1. The number of hydrogen-bond donors (Lipinski definition) is 2. The second kappa shape index (κ2) is 6.83. The molecule has 2 aromatic rings. The van der Waals surface area contributed by atoms with Crippen LogP contribution in [0.2, 0.25) is 0 Å². The lowest BCUT2D eigenvalue weighted by atomic mass is 10.0. The van der Waals surface area contributed by atoms with Gasteiger partial charge in [-0.25, -0.2) is 0 Å². The lowest BCUT2D eigenvalue weighted by molar-refractivity contribution is 1.37. The first-order valence-electron chi connectivity index (χ1n) is 6.42. The van der Waals surface area contributed by atoms with Crippen molar-refractivity contribution in [1.82, 2.24) is 0 Å². The van der Waals surface area contributed by atoms with Crippen molar-refractivity contribution in [2.45, 2.75) is 6.92 Å². The molecule has 0 saturated carbocycles. The average Bonchev–Trinajstić information content (AvgIpc) is 2.48. The van der Waals surface area contributed by atoms with E-state index >= 15 is 0 Å². The van der Waals surface area contributed by atoms with E-state index in [1.807, 2.05) is 55.5 Å². The predicted octanol–water partition coefficient (Wildman–Crippen LogP) is 4.71. The van der Waals surface area contributed by atoms with Gasteiger partial charge in [-0.2, -0.15) is 0 Å². The molecular formula is C17H17ClN2. The minimum atomic E-state index is 0.242. The molecule has 0 saturated heterocycles. The second-order valence-electron chi connectivity index (χ2n) is 4.30. The maximum atomic E-state index is 5.91. The Labute approximate surface area is 124 Å². The van der Waals surface area contributed by atoms with Gasteiger partial charge in [0.1, 0.15) is 5.16 Å². The third-order valence-corrected chi connectivity index (χ3v) is 3.08. The quantitative estimate of drug-likeness (QED) is 0.630. The van der Waals surface area contributed by atoms with Gasteiger partial charge in [-0.15, -0.1) is 0 Å². The Bertz CT molecular complexity index is 626. The van der Waals surface area contributed by atoms with Crippen molar-refractivity contribution < 1.29 is 0 Å². The van der Waals surface area contributed by atoms with E-state index in [-0.39, 0.29) is 5.16 Å². The van der Waals surface area contributed by atoms with Crippen LogP contribution in [0.4, 0.5) is 5.69 Å². The molecule has 3 N–H and O–H groups in total. The first-order chi connectivity index (χ1) is 9.72. The highest BCUT2D eigenvalue weighted by Crippen LogP contribution is 2.29. The van der Waals surface area contributed by atoms with Gasteiger partial charge >= 0.3 is 0 Å². The van der Waals surface area contributed by atoms with Crippen molar-refractivity contribution in [1.29, 1.82) is 0 Å². The molecule has 0 aliphatic carbocycles. The fourth-order valence-electron chi connectivity index (χ4n) is 1.95. The fraction of sp³-hybridized carbons (Fsp3) is 0.0588. The summed E-state index contributed by atoms with van der Waals surface area (Å²) < 4.78 is 0. The van der Waals surface area contributed by atoms with Crippen LogP contribution in [0, 0.1) is 0 Å². The molecule has 0 aliphatic rings. The molecule has 0 atom stereocenters. The molecule has 0 amide bonds. The van der Waals surface area contributed by atoms with E-state index in [1.54, 1.807) is 0 Å². The topological polar surface area (TPSA) is 38.0 Å². The van der Waals surface area contributed by atoms with Crippen LogP contribution in [-0.4, -0.2) is 0 Å². The summed E-state index contributed by atoms with van der Waals surface area (Å²) in [5.74, 6) is 0. The fourth-order valence-corrected chi connectivity index (χ4v) is 2.06. The lowest BCUT2D eigenvalue weighted by Crippen LogP contribution is -2.05. The number of nitrogens with two attached hydrogens (primary N) is 1. The molecule has 0 bridgehead atoms. The Morgan fingerprint density at radius 1 is 1.05 bits per heavy atom. The van der Waals surface area contributed by atoms with Crippen LogP contribution in [0.5, 0.6) is 0 Å². The molecule has 102 valence electrons. The van der Waals surface area contributed by atoms with E-state index in [4.69, 9.17) is 17.3 Å². The number of hydrogen-bond acceptors (Lipinski definition) is 2. The summed E-state index contributed by atoms with van der Waals surface area (Å²) in [6.07, 6.45) is 3.74. The van der Waals surface area contributed by atoms with Crippen molar-refractivity contribution in [2.75, 3.05) is 5.32 Å². The molecule has 0 heterocycles. The van der Waals surface area contributed by atoms with Gasteiger partial charge in [0.2, 0.25) is 0 Å². The highest BCUT2D eigenvalue weighted by molar-refractivity contribution is 6.29. The monoisotopic (exact) mass is 284 g/mol. The standard InChI is InChI=1S/C17H17ClN2/c1-2-8-16(17(18)19)20-15-12-7-6-11-14(15)13-9-4-3-5-10-13/h2-12,20H,19H2,1H3/b8-2-,17-16+. The summed E-state index contributed by atoms with van der Waals surface area (Å²) in [6, 6.07) is 18.2. The molecule has 0 unspecified atom stereocenters. The third-order valence-electron chi connectivity index (χ3n) is 2.87. The minimum absolute atomic E-state index is 0.242. The van der Waals surface area contributed by atoms with Crippen molar-refractivity contribution >= 4 is 17.3 Å². The number of rotatable bonds is 4. The number of halogens is 1. The molecule has 2 nitrogen and oxygen atoms in total. The Morgan fingerprint density at radius 2 is 1.70 bits per heavy atom. The summed E-state index contributed by atoms with van der Waals surface area (Å²) in [7, 11) is 0. The van der Waals surface area contributed by atoms with E-state index < -0.39 is 0 Å². The predicted molar refractivity (Wildman–Crippen MR) is 87.4 cm³/mol. The SMILES string of the molecule is C/C=C\C(Nc1ccccc1-c1ccccc1)=C(/N)Cl. The summed E-state index contributed by atoms with van der Waals surface area (Å²) in [4.78, 5) is 0. The maximum Gasteiger partial charge on any atom is 0.123 e. The number of benzene rings is 2. The molecule has 0 aromatic heterocycles. The Morgan fingerprint density at radius 3 is 2.35 bits per heavy atom. The number of nitrogens with one attached hydrogen (secondary N) is 1. The van der Waals surface area contributed by atoms with Gasteiger partial charge in [-0.05, 0) is 24.6 Å². The van der Waals surface area contributed by atoms with Gasteiger partial charge in [0.25, 0.3) is 0 Å². The van der Waals surface area contributed by atoms with E-state index in [0.29, 0.717) is 5.70 Å². The van der Waals surface area contributed by atoms with Crippen molar-refractivity contribution in [2.24, 2.45) is 5.73 Å². The highest BCUT2D eigenvalue weighted by atomic mass is 35.5. The summed E-state index contributed by atoms with van der Waals surface area (Å²) in [5, 5.41) is 3.52. The van der Waals surface area contributed by atoms with Crippen molar-refractivity contribution in [3.63, 3.8) is 0 Å². The Balaban J connectivity index is 2.41. The number of para-hydroxylation sites is 1. The van der Waals surface area contributed by atoms with Crippen LogP contribution in [0.25, 0.3) is 11.1 Å². The van der Waals surface area contributed by atoms with Crippen LogP contribution in [0.3, 0.4) is 0 Å². The van der Waals surface area contributed by atoms with E-state index in [2.05, 4.69) is 23.5 Å². The molecule has 2 aromatic carbocycles. The summed E-state index contributed by atoms with van der Waals surface area (Å²) in [5.41, 5.74) is 9.60. The third kappa shape index (κ3) is 3.43. The van der Waals surface area contributed by atoms with E-state index in [0.717, 1.165) is 16.8 Å². The molecule has 0 aliphatic heterocycles. The zero-order valence-electron chi connectivity index (χ0n) is 11.3. The van der Waals surface area contributed by atoms with Gasteiger partial charge in [-0.1, -0.05) is 66.2 Å². The molecule has 20 heavy (non-hydrogen) atoms. The Hall–Kier alpha value is -2.19. The van der Waals surface area contributed by atoms with E-state index in [1.165, 1.54) is 0 Å². The molecule has 0 radical (unpaired) electrons.